The van der Waals surface area contributed by atoms with Crippen LogP contribution in [0.4, 0.5) is 0 Å². The molecule has 6 heteroatoms. The fourth-order valence-electron chi connectivity index (χ4n) is 3.77. The van der Waals surface area contributed by atoms with E-state index in [0.717, 1.165) is 30.8 Å². The molecule has 0 bridgehead atoms. The lowest BCUT2D eigenvalue weighted by molar-refractivity contribution is 0.242. The van der Waals surface area contributed by atoms with Crippen LogP contribution in [0.5, 0.6) is 0 Å². The van der Waals surface area contributed by atoms with Gasteiger partial charge in [-0.05, 0) is 24.5 Å². The summed E-state index contributed by atoms with van der Waals surface area (Å²) in [6.45, 7) is 4.53. The Morgan fingerprint density at radius 2 is 1.82 bits per heavy atom. The molecule has 1 N–H and O–H groups in total. The summed E-state index contributed by atoms with van der Waals surface area (Å²) in [4.78, 5) is 24.1. The van der Waals surface area contributed by atoms with Gasteiger partial charge in [-0.25, -0.2) is 4.98 Å². The zero-order valence-electron chi connectivity index (χ0n) is 15.7. The summed E-state index contributed by atoms with van der Waals surface area (Å²) in [5.41, 5.74) is 5.50. The van der Waals surface area contributed by atoms with Gasteiger partial charge >= 0.3 is 0 Å². The second-order valence-corrected chi connectivity index (χ2v) is 7.39. The monoisotopic (exact) mass is 371 g/mol. The van der Waals surface area contributed by atoms with Crippen molar-refractivity contribution in [1.82, 2.24) is 24.5 Å². The van der Waals surface area contributed by atoms with Crippen LogP contribution in [0, 0.1) is 6.92 Å². The molecule has 0 radical (unpaired) electrons. The maximum absolute atomic E-state index is 12.6. The molecule has 2 aromatic carbocycles. The molecular formula is C22H21N5O. The van der Waals surface area contributed by atoms with Crippen molar-refractivity contribution in [2.45, 2.75) is 26.4 Å². The van der Waals surface area contributed by atoms with E-state index in [-0.39, 0.29) is 5.56 Å². The van der Waals surface area contributed by atoms with Gasteiger partial charge in [0.05, 0.1) is 5.69 Å². The number of nitrogens with one attached hydrogen (secondary N) is 1. The molecule has 140 valence electrons. The van der Waals surface area contributed by atoms with Gasteiger partial charge in [-0.1, -0.05) is 54.1 Å². The van der Waals surface area contributed by atoms with Crippen molar-refractivity contribution in [2.24, 2.45) is 0 Å². The van der Waals surface area contributed by atoms with Gasteiger partial charge in [0.25, 0.3) is 11.3 Å². The summed E-state index contributed by atoms with van der Waals surface area (Å²) < 4.78 is 1.41. The fraction of sp³-hybridized carbons (Fsp3) is 0.227. The first-order chi connectivity index (χ1) is 13.7. The van der Waals surface area contributed by atoms with Crippen LogP contribution in [0.3, 0.4) is 0 Å². The SMILES string of the molecule is Cc1ccc(-c2nc3nc(CN4CCc5ccccc5C4)cc(=O)n3[nH]2)cc1. The van der Waals surface area contributed by atoms with E-state index < -0.39 is 0 Å². The molecule has 2 aromatic heterocycles. The van der Waals surface area contributed by atoms with E-state index in [1.165, 1.54) is 21.2 Å². The summed E-state index contributed by atoms with van der Waals surface area (Å²) in [5, 5.41) is 3.06. The highest BCUT2D eigenvalue weighted by molar-refractivity contribution is 5.57. The third kappa shape index (κ3) is 3.12. The van der Waals surface area contributed by atoms with Crippen molar-refractivity contribution < 1.29 is 0 Å². The van der Waals surface area contributed by atoms with Gasteiger partial charge in [-0.3, -0.25) is 14.8 Å². The van der Waals surface area contributed by atoms with Gasteiger partial charge < -0.3 is 0 Å². The van der Waals surface area contributed by atoms with E-state index in [1.807, 2.05) is 31.2 Å². The van der Waals surface area contributed by atoms with Crippen LogP contribution in [-0.4, -0.2) is 31.0 Å². The maximum atomic E-state index is 12.6. The van der Waals surface area contributed by atoms with Crippen LogP contribution in [0.1, 0.15) is 22.4 Å². The van der Waals surface area contributed by atoms with E-state index >= 15 is 0 Å². The Kier molecular flexibility index (Phi) is 4.06. The van der Waals surface area contributed by atoms with Crippen LogP contribution in [0.25, 0.3) is 17.2 Å². The first-order valence-electron chi connectivity index (χ1n) is 9.50. The van der Waals surface area contributed by atoms with Gasteiger partial charge in [0.1, 0.15) is 0 Å². The third-order valence-corrected chi connectivity index (χ3v) is 5.30. The number of hydrogen-bond donors (Lipinski definition) is 1. The minimum absolute atomic E-state index is 0.136. The first-order valence-corrected chi connectivity index (χ1v) is 9.50. The van der Waals surface area contributed by atoms with Crippen LogP contribution in [0.15, 0.2) is 59.4 Å². The molecular weight excluding hydrogens is 350 g/mol. The molecule has 1 aliphatic rings. The van der Waals surface area contributed by atoms with Gasteiger partial charge in [0.2, 0.25) is 0 Å². The molecule has 0 unspecified atom stereocenters. The Hall–Kier alpha value is -3.25. The number of aromatic nitrogens is 4. The zero-order chi connectivity index (χ0) is 19.1. The fourth-order valence-corrected chi connectivity index (χ4v) is 3.77. The topological polar surface area (TPSA) is 66.3 Å². The zero-order valence-corrected chi connectivity index (χ0v) is 15.7. The standard InChI is InChI=1S/C22H21N5O/c1-15-6-8-17(9-7-15)21-24-22-23-19(12-20(28)27(22)25-21)14-26-11-10-16-4-2-3-5-18(16)13-26/h2-9,12H,10-11,13-14H2,1H3,(H,23,24,25). The van der Waals surface area contributed by atoms with Crippen molar-refractivity contribution in [1.29, 1.82) is 0 Å². The Balaban J connectivity index is 1.43. The molecule has 4 aromatic rings. The number of H-pyrrole nitrogens is 1. The number of nitrogens with zero attached hydrogens (tertiary/aromatic N) is 4. The average molecular weight is 371 g/mol. The van der Waals surface area contributed by atoms with Gasteiger partial charge in [-0.2, -0.15) is 9.50 Å². The van der Waals surface area contributed by atoms with Crippen LogP contribution in [0.2, 0.25) is 0 Å². The Bertz CT molecular complexity index is 1210. The number of fused-ring (bicyclic) bond motifs is 2. The van der Waals surface area contributed by atoms with Crippen molar-refractivity contribution in [2.75, 3.05) is 6.54 Å². The minimum Gasteiger partial charge on any atom is -0.293 e. The summed E-state index contributed by atoms with van der Waals surface area (Å²) in [7, 11) is 0. The van der Waals surface area contributed by atoms with Crippen molar-refractivity contribution in [3.8, 4) is 11.4 Å². The molecule has 0 saturated carbocycles. The van der Waals surface area contributed by atoms with E-state index in [0.29, 0.717) is 18.1 Å². The second kappa shape index (κ2) is 6.73. The lowest BCUT2D eigenvalue weighted by atomic mass is 10.00. The predicted molar refractivity (Wildman–Crippen MR) is 108 cm³/mol. The summed E-state index contributed by atoms with van der Waals surface area (Å²) >= 11 is 0. The molecule has 0 spiro atoms. The molecule has 0 atom stereocenters. The van der Waals surface area contributed by atoms with E-state index in [1.54, 1.807) is 6.07 Å². The van der Waals surface area contributed by atoms with E-state index in [4.69, 9.17) is 0 Å². The number of aromatic amines is 1. The lowest BCUT2D eigenvalue weighted by Crippen LogP contribution is -2.31. The minimum atomic E-state index is -0.136. The predicted octanol–water partition coefficient (Wildman–Crippen LogP) is 2.95. The van der Waals surface area contributed by atoms with Crippen molar-refractivity contribution in [3.05, 3.63) is 87.3 Å². The molecule has 0 saturated heterocycles. The summed E-state index contributed by atoms with van der Waals surface area (Å²) in [6.07, 6.45) is 1.03. The van der Waals surface area contributed by atoms with Gasteiger partial charge in [-0.15, -0.1) is 0 Å². The number of rotatable bonds is 3. The van der Waals surface area contributed by atoms with Crippen LogP contribution < -0.4 is 5.56 Å². The Morgan fingerprint density at radius 3 is 2.64 bits per heavy atom. The van der Waals surface area contributed by atoms with Crippen molar-refractivity contribution in [3.63, 3.8) is 0 Å². The molecule has 28 heavy (non-hydrogen) atoms. The highest BCUT2D eigenvalue weighted by Crippen LogP contribution is 2.20. The molecule has 3 heterocycles. The largest absolute Gasteiger partial charge is 0.293 e. The molecule has 0 fully saturated rings. The molecule has 0 amide bonds. The highest BCUT2D eigenvalue weighted by Gasteiger charge is 2.17. The van der Waals surface area contributed by atoms with Crippen molar-refractivity contribution >= 4 is 5.78 Å². The van der Waals surface area contributed by atoms with Gasteiger partial charge in [0, 0.05) is 31.3 Å². The van der Waals surface area contributed by atoms with Gasteiger partial charge in [0.15, 0.2) is 5.82 Å². The average Bonchev–Trinajstić information content (AvgIpc) is 3.13. The van der Waals surface area contributed by atoms with E-state index in [9.17, 15) is 4.79 Å². The number of aryl methyl sites for hydroxylation is 1. The molecule has 5 rings (SSSR count). The summed E-state index contributed by atoms with van der Waals surface area (Å²) in [5.74, 6) is 1.06. The molecule has 0 aliphatic carbocycles. The molecule has 6 nitrogen and oxygen atoms in total. The third-order valence-electron chi connectivity index (χ3n) is 5.30. The van der Waals surface area contributed by atoms with Crippen LogP contribution >= 0.6 is 0 Å². The lowest BCUT2D eigenvalue weighted by Gasteiger charge is -2.28. The van der Waals surface area contributed by atoms with Crippen LogP contribution in [-0.2, 0) is 19.5 Å². The maximum Gasteiger partial charge on any atom is 0.274 e. The normalized spacial score (nSPS) is 14.3. The number of hydrogen-bond acceptors (Lipinski definition) is 4. The second-order valence-electron chi connectivity index (χ2n) is 7.39. The Morgan fingerprint density at radius 1 is 1.04 bits per heavy atom. The smallest absolute Gasteiger partial charge is 0.274 e. The molecule has 1 aliphatic heterocycles. The summed E-state index contributed by atoms with van der Waals surface area (Å²) in [6, 6.07) is 18.2. The Labute approximate surface area is 162 Å². The number of benzene rings is 2. The quantitative estimate of drug-likeness (QED) is 0.601. The highest BCUT2D eigenvalue weighted by atomic mass is 16.1. The first kappa shape index (κ1) is 16.9. The van der Waals surface area contributed by atoms with E-state index in [2.05, 4.69) is 44.2 Å².